The maximum Gasteiger partial charge on any atom is 0.135 e. The number of hydrogen-bond acceptors (Lipinski definition) is 2. The van der Waals surface area contributed by atoms with E-state index < -0.39 is 0 Å². The van der Waals surface area contributed by atoms with Crippen molar-refractivity contribution in [2.24, 2.45) is 5.92 Å². The van der Waals surface area contributed by atoms with Crippen LogP contribution in [-0.4, -0.2) is 5.11 Å². The Morgan fingerprint density at radius 3 is 3.00 bits per heavy atom. The van der Waals surface area contributed by atoms with E-state index in [1.165, 1.54) is 5.57 Å². The van der Waals surface area contributed by atoms with E-state index >= 15 is 0 Å². The molecule has 0 radical (unpaired) electrons. The van der Waals surface area contributed by atoms with Crippen molar-refractivity contribution in [3.8, 4) is 11.5 Å². The number of aromatic hydroxyl groups is 1. The van der Waals surface area contributed by atoms with Crippen LogP contribution in [0.4, 0.5) is 0 Å². The third kappa shape index (κ3) is 2.70. The average molecular weight is 296 g/mol. The number of allylic oxidation sites excluding steroid dienone is 4. The fourth-order valence-electron chi connectivity index (χ4n) is 3.47. The van der Waals surface area contributed by atoms with Crippen LogP contribution in [0, 0.1) is 5.92 Å². The number of unbranched alkanes of at least 4 members (excludes halogenated alkanes) is 1. The van der Waals surface area contributed by atoms with Crippen LogP contribution in [-0.2, 0) is 0 Å². The summed E-state index contributed by atoms with van der Waals surface area (Å²) in [5.41, 5.74) is 3.28. The Balaban J connectivity index is 2.02. The largest absolute Gasteiger partial charge is 0.507 e. The highest BCUT2D eigenvalue weighted by molar-refractivity contribution is 5.61. The first kappa shape index (κ1) is 15.0. The van der Waals surface area contributed by atoms with Gasteiger partial charge in [-0.2, -0.15) is 0 Å². The highest BCUT2D eigenvalue weighted by Gasteiger charge is 2.36. The molecule has 1 heterocycles. The zero-order valence-electron chi connectivity index (χ0n) is 13.4. The Morgan fingerprint density at radius 1 is 1.41 bits per heavy atom. The molecule has 0 unspecified atom stereocenters. The lowest BCUT2D eigenvalue weighted by Crippen LogP contribution is -2.25. The predicted octanol–water partition coefficient (Wildman–Crippen LogP) is 5.55. The fourth-order valence-corrected chi connectivity index (χ4v) is 3.47. The smallest absolute Gasteiger partial charge is 0.135 e. The van der Waals surface area contributed by atoms with Gasteiger partial charge in [-0.05, 0) is 43.9 Å². The molecule has 1 aliphatic heterocycles. The standard InChI is InChI=1S/C20H24O2/c1-4-5-6-7-15-11-18(21)20-17-10-13(2)8-9-16(17)14(3)22-19(20)12-15/h6-7,10-12,16-17,21H,3-5,8-9H2,1-2H3/b7-6+/t16-,17+/m0/s1. The van der Waals surface area contributed by atoms with E-state index in [1.807, 2.05) is 18.2 Å². The molecular weight excluding hydrogens is 272 g/mol. The van der Waals surface area contributed by atoms with Crippen LogP contribution in [0.15, 0.2) is 42.2 Å². The van der Waals surface area contributed by atoms with E-state index in [2.05, 4.69) is 32.6 Å². The number of benzene rings is 1. The van der Waals surface area contributed by atoms with Crippen molar-refractivity contribution in [2.45, 2.75) is 45.4 Å². The second-order valence-corrected chi connectivity index (χ2v) is 6.40. The molecule has 2 nitrogen and oxygen atoms in total. The van der Waals surface area contributed by atoms with Gasteiger partial charge in [-0.1, -0.05) is 43.7 Å². The first-order chi connectivity index (χ1) is 10.6. The van der Waals surface area contributed by atoms with Crippen LogP contribution in [0.2, 0.25) is 0 Å². The van der Waals surface area contributed by atoms with Gasteiger partial charge in [-0.3, -0.25) is 0 Å². The molecule has 0 spiro atoms. The van der Waals surface area contributed by atoms with Gasteiger partial charge in [-0.15, -0.1) is 0 Å². The molecule has 116 valence electrons. The molecule has 0 amide bonds. The lowest BCUT2D eigenvalue weighted by Gasteiger charge is -2.36. The highest BCUT2D eigenvalue weighted by Crippen LogP contribution is 2.51. The van der Waals surface area contributed by atoms with Crippen LogP contribution in [0.1, 0.15) is 56.6 Å². The average Bonchev–Trinajstić information content (AvgIpc) is 2.46. The highest BCUT2D eigenvalue weighted by atomic mass is 16.5. The van der Waals surface area contributed by atoms with Gasteiger partial charge in [0.05, 0.1) is 0 Å². The Kier molecular flexibility index (Phi) is 4.10. The van der Waals surface area contributed by atoms with Crippen LogP contribution in [0.5, 0.6) is 11.5 Å². The SMILES string of the molecule is C=C1Oc2cc(/C=C/CCC)cc(O)c2[C@@H]2C=C(C)CC[C@@H]12. The molecule has 0 saturated carbocycles. The summed E-state index contributed by atoms with van der Waals surface area (Å²) in [7, 11) is 0. The van der Waals surface area contributed by atoms with E-state index in [4.69, 9.17) is 4.74 Å². The van der Waals surface area contributed by atoms with Crippen molar-refractivity contribution in [1.29, 1.82) is 0 Å². The summed E-state index contributed by atoms with van der Waals surface area (Å²) in [6, 6.07) is 3.86. The van der Waals surface area contributed by atoms with Crippen molar-refractivity contribution in [3.63, 3.8) is 0 Å². The number of phenols is 1. The van der Waals surface area contributed by atoms with E-state index in [-0.39, 0.29) is 11.8 Å². The third-order valence-corrected chi connectivity index (χ3v) is 4.64. The van der Waals surface area contributed by atoms with Gasteiger partial charge in [0.1, 0.15) is 17.3 Å². The molecule has 1 aromatic rings. The van der Waals surface area contributed by atoms with E-state index in [0.717, 1.165) is 48.3 Å². The number of fused-ring (bicyclic) bond motifs is 3. The van der Waals surface area contributed by atoms with Crippen LogP contribution in [0.3, 0.4) is 0 Å². The second-order valence-electron chi connectivity index (χ2n) is 6.40. The molecule has 0 aromatic heterocycles. The zero-order chi connectivity index (χ0) is 15.7. The van der Waals surface area contributed by atoms with Gasteiger partial charge >= 0.3 is 0 Å². The van der Waals surface area contributed by atoms with Gasteiger partial charge in [0.15, 0.2) is 0 Å². The lowest BCUT2D eigenvalue weighted by molar-refractivity contribution is 0.275. The molecule has 0 saturated heterocycles. The van der Waals surface area contributed by atoms with E-state index in [1.54, 1.807) is 0 Å². The Labute approximate surface area is 132 Å². The number of rotatable bonds is 3. The van der Waals surface area contributed by atoms with Gasteiger partial charge in [0.25, 0.3) is 0 Å². The zero-order valence-corrected chi connectivity index (χ0v) is 13.4. The molecule has 1 aromatic carbocycles. The summed E-state index contributed by atoms with van der Waals surface area (Å²) in [5.74, 6) is 2.40. The number of hydrogen-bond donors (Lipinski definition) is 1. The summed E-state index contributed by atoms with van der Waals surface area (Å²) in [6.45, 7) is 8.42. The van der Waals surface area contributed by atoms with Crippen molar-refractivity contribution in [1.82, 2.24) is 0 Å². The second kappa shape index (κ2) is 6.04. The topological polar surface area (TPSA) is 29.5 Å². The minimum Gasteiger partial charge on any atom is -0.507 e. The molecule has 2 heteroatoms. The van der Waals surface area contributed by atoms with Gasteiger partial charge < -0.3 is 9.84 Å². The first-order valence-corrected chi connectivity index (χ1v) is 8.17. The monoisotopic (exact) mass is 296 g/mol. The number of ether oxygens (including phenoxy) is 1. The Hall–Kier alpha value is -1.96. The van der Waals surface area contributed by atoms with Gasteiger partial charge in [0.2, 0.25) is 0 Å². The summed E-state index contributed by atoms with van der Waals surface area (Å²) in [5, 5.41) is 10.5. The molecule has 1 N–H and O–H groups in total. The molecule has 22 heavy (non-hydrogen) atoms. The third-order valence-electron chi connectivity index (χ3n) is 4.64. The van der Waals surface area contributed by atoms with E-state index in [9.17, 15) is 5.11 Å². The van der Waals surface area contributed by atoms with Crippen LogP contribution < -0.4 is 4.74 Å². The van der Waals surface area contributed by atoms with Crippen LogP contribution >= 0.6 is 0 Å². The van der Waals surface area contributed by atoms with E-state index in [0.29, 0.717) is 5.75 Å². The number of phenolic OH excluding ortho intramolecular Hbond substituents is 1. The molecular formula is C20H24O2. The summed E-state index contributed by atoms with van der Waals surface area (Å²) in [4.78, 5) is 0. The van der Waals surface area contributed by atoms with Crippen molar-refractivity contribution in [3.05, 3.63) is 53.3 Å². The Bertz CT molecular complexity index is 652. The molecule has 2 aliphatic rings. The molecule has 1 aliphatic carbocycles. The molecule has 0 fully saturated rings. The van der Waals surface area contributed by atoms with Crippen molar-refractivity contribution < 1.29 is 9.84 Å². The van der Waals surface area contributed by atoms with Crippen LogP contribution in [0.25, 0.3) is 6.08 Å². The first-order valence-electron chi connectivity index (χ1n) is 8.17. The van der Waals surface area contributed by atoms with Crippen molar-refractivity contribution >= 4 is 6.08 Å². The quantitative estimate of drug-likeness (QED) is 0.741. The molecule has 2 atom stereocenters. The Morgan fingerprint density at radius 2 is 2.23 bits per heavy atom. The fraction of sp³-hybridized carbons (Fsp3) is 0.400. The predicted molar refractivity (Wildman–Crippen MR) is 91.0 cm³/mol. The van der Waals surface area contributed by atoms with Gasteiger partial charge in [-0.25, -0.2) is 0 Å². The minimum atomic E-state index is 0.193. The van der Waals surface area contributed by atoms with Crippen molar-refractivity contribution in [2.75, 3.05) is 0 Å². The maximum atomic E-state index is 10.5. The lowest BCUT2D eigenvalue weighted by atomic mass is 9.74. The molecule has 0 bridgehead atoms. The molecule has 3 rings (SSSR count). The minimum absolute atomic E-state index is 0.193. The summed E-state index contributed by atoms with van der Waals surface area (Å²) < 4.78 is 5.95. The van der Waals surface area contributed by atoms with Gasteiger partial charge in [0, 0.05) is 17.4 Å². The summed E-state index contributed by atoms with van der Waals surface area (Å²) in [6.07, 6.45) is 10.7. The maximum absolute atomic E-state index is 10.5. The normalized spacial score (nSPS) is 23.7. The summed E-state index contributed by atoms with van der Waals surface area (Å²) >= 11 is 0.